The van der Waals surface area contributed by atoms with E-state index < -0.39 is 16.6 Å². The maximum Gasteiger partial charge on any atom is 0.241 e. The molecule has 168 valence electrons. The van der Waals surface area contributed by atoms with Crippen LogP contribution in [-0.4, -0.2) is 42.2 Å². The minimum atomic E-state index is -1.83. The fourth-order valence-corrected chi connectivity index (χ4v) is 7.53. The van der Waals surface area contributed by atoms with Crippen molar-refractivity contribution < 1.29 is 18.3 Å². The molecule has 1 heterocycles. The third kappa shape index (κ3) is 4.71. The Hall–Kier alpha value is -0.146. The van der Waals surface area contributed by atoms with Gasteiger partial charge in [0.05, 0.1) is 25.1 Å². The van der Waals surface area contributed by atoms with E-state index in [-0.39, 0.29) is 22.2 Å². The van der Waals surface area contributed by atoms with Crippen molar-refractivity contribution in [3.05, 3.63) is 11.8 Å². The third-order valence-electron chi connectivity index (χ3n) is 7.88. The molecule has 2 fully saturated rings. The lowest BCUT2D eigenvalue weighted by atomic mass is 9.66. The van der Waals surface area contributed by atoms with Crippen LogP contribution in [-0.2, 0) is 18.3 Å². The predicted octanol–water partition coefficient (Wildman–Crippen LogP) is 6.46. The van der Waals surface area contributed by atoms with Gasteiger partial charge in [-0.3, -0.25) is 0 Å². The second kappa shape index (κ2) is 7.77. The summed E-state index contributed by atoms with van der Waals surface area (Å²) >= 11 is 0. The van der Waals surface area contributed by atoms with Gasteiger partial charge in [-0.25, -0.2) is 0 Å². The second-order valence-electron chi connectivity index (χ2n) is 12.2. The number of ether oxygens (including phenoxy) is 2. The lowest BCUT2D eigenvalue weighted by Gasteiger charge is -2.46. The zero-order valence-electron chi connectivity index (χ0n) is 20.3. The molecule has 1 saturated heterocycles. The van der Waals surface area contributed by atoms with Crippen molar-refractivity contribution in [2.45, 2.75) is 110 Å². The molecular formula is C23H44O4Si2. The van der Waals surface area contributed by atoms with Gasteiger partial charge in [-0.2, -0.15) is 0 Å². The summed E-state index contributed by atoms with van der Waals surface area (Å²) in [5, 5.41) is 0.226. The Morgan fingerprint density at radius 1 is 1.10 bits per heavy atom. The lowest BCUT2D eigenvalue weighted by Crippen LogP contribution is -2.49. The van der Waals surface area contributed by atoms with Gasteiger partial charge in [-0.15, -0.1) is 0 Å². The highest BCUT2D eigenvalue weighted by Gasteiger charge is 2.61. The Bertz CT molecular complexity index is 628. The van der Waals surface area contributed by atoms with Crippen LogP contribution < -0.4 is 0 Å². The summed E-state index contributed by atoms with van der Waals surface area (Å²) in [5.74, 6) is 1.21. The first-order valence-electron chi connectivity index (χ1n) is 11.5. The molecule has 0 spiro atoms. The topological polar surface area (TPSA) is 36.9 Å². The van der Waals surface area contributed by atoms with Crippen LogP contribution in [0.25, 0.3) is 0 Å². The van der Waals surface area contributed by atoms with Gasteiger partial charge >= 0.3 is 0 Å². The maximum atomic E-state index is 7.05. The normalized spacial score (nSPS) is 33.8. The van der Waals surface area contributed by atoms with Crippen molar-refractivity contribution >= 4 is 16.6 Å². The van der Waals surface area contributed by atoms with Gasteiger partial charge in [0.2, 0.25) is 8.32 Å². The molecule has 1 aliphatic heterocycles. The van der Waals surface area contributed by atoms with Gasteiger partial charge in [0.25, 0.3) is 0 Å². The lowest BCUT2D eigenvalue weighted by molar-refractivity contribution is -0.0606. The van der Waals surface area contributed by atoms with Crippen molar-refractivity contribution in [1.82, 2.24) is 0 Å². The van der Waals surface area contributed by atoms with Crippen molar-refractivity contribution in [1.29, 1.82) is 0 Å². The molecule has 0 amide bonds. The molecule has 1 saturated carbocycles. The zero-order valence-corrected chi connectivity index (χ0v) is 22.3. The van der Waals surface area contributed by atoms with Crippen molar-refractivity contribution in [2.24, 2.45) is 10.8 Å². The molecule has 2 aliphatic carbocycles. The molecule has 0 aromatic heterocycles. The highest BCUT2D eigenvalue weighted by molar-refractivity contribution is 6.74. The van der Waals surface area contributed by atoms with Crippen molar-refractivity contribution in [3.63, 3.8) is 0 Å². The van der Waals surface area contributed by atoms with Gasteiger partial charge in [0, 0.05) is 17.3 Å². The highest BCUT2D eigenvalue weighted by Crippen LogP contribution is 2.65. The van der Waals surface area contributed by atoms with Crippen LogP contribution in [0.5, 0.6) is 0 Å². The zero-order chi connectivity index (χ0) is 21.7. The standard InChI is InChI=1S/C23H44O4Si2/c1-21(2,3)29(8,9)27-19-10-12-23(13-11-20-24-14-15-25-20)17-18(16-22(19,23)4)26-28(5,6)7/h17,19-20H,10-16H2,1-9H3/t19-,22-,23+/m0/s1. The molecule has 0 radical (unpaired) electrons. The minimum Gasteiger partial charge on any atom is -0.548 e. The maximum absolute atomic E-state index is 7.05. The molecule has 3 aliphatic rings. The van der Waals surface area contributed by atoms with E-state index in [1.807, 2.05) is 0 Å². The summed E-state index contributed by atoms with van der Waals surface area (Å²) in [4.78, 5) is 0. The van der Waals surface area contributed by atoms with Crippen LogP contribution >= 0.6 is 0 Å². The van der Waals surface area contributed by atoms with Crippen LogP contribution in [0.1, 0.15) is 59.8 Å². The summed E-state index contributed by atoms with van der Waals surface area (Å²) in [7, 11) is -3.46. The Kier molecular flexibility index (Phi) is 6.30. The fraction of sp³-hybridized carbons (Fsp3) is 0.913. The average Bonchev–Trinajstić information content (AvgIpc) is 3.19. The van der Waals surface area contributed by atoms with E-state index >= 15 is 0 Å². The number of hydrogen-bond donors (Lipinski definition) is 0. The first-order chi connectivity index (χ1) is 13.2. The second-order valence-corrected chi connectivity index (χ2v) is 21.4. The largest absolute Gasteiger partial charge is 0.548 e. The van der Waals surface area contributed by atoms with E-state index in [2.05, 4.69) is 66.5 Å². The Morgan fingerprint density at radius 2 is 1.72 bits per heavy atom. The number of fused-ring (bicyclic) bond motifs is 1. The van der Waals surface area contributed by atoms with E-state index in [9.17, 15) is 0 Å². The molecular weight excluding hydrogens is 396 g/mol. The molecule has 0 N–H and O–H groups in total. The molecule has 3 rings (SSSR count). The summed E-state index contributed by atoms with van der Waals surface area (Å²) in [6.45, 7) is 22.5. The summed E-state index contributed by atoms with van der Waals surface area (Å²) in [6, 6.07) is 0. The van der Waals surface area contributed by atoms with Gasteiger partial charge < -0.3 is 18.3 Å². The van der Waals surface area contributed by atoms with E-state index in [1.165, 1.54) is 12.2 Å². The molecule has 0 aromatic rings. The fourth-order valence-electron chi connectivity index (χ4n) is 5.17. The predicted molar refractivity (Wildman–Crippen MR) is 124 cm³/mol. The quantitative estimate of drug-likeness (QED) is 0.426. The first kappa shape index (κ1) is 23.5. The number of allylic oxidation sites excluding steroid dienone is 2. The Morgan fingerprint density at radius 3 is 2.28 bits per heavy atom. The van der Waals surface area contributed by atoms with Crippen LogP contribution in [0.4, 0.5) is 0 Å². The van der Waals surface area contributed by atoms with E-state index in [4.69, 9.17) is 18.3 Å². The van der Waals surface area contributed by atoms with Gasteiger partial charge in [0.1, 0.15) is 0 Å². The van der Waals surface area contributed by atoms with E-state index in [1.54, 1.807) is 0 Å². The summed E-state index contributed by atoms with van der Waals surface area (Å²) in [6.07, 6.45) is 8.12. The molecule has 0 aromatic carbocycles. The molecule has 4 nitrogen and oxygen atoms in total. The van der Waals surface area contributed by atoms with E-state index in [0.29, 0.717) is 6.10 Å². The van der Waals surface area contributed by atoms with Gasteiger partial charge in [-0.1, -0.05) is 27.7 Å². The molecule has 3 atom stereocenters. The monoisotopic (exact) mass is 440 g/mol. The Balaban J connectivity index is 1.84. The highest BCUT2D eigenvalue weighted by atomic mass is 28.4. The minimum absolute atomic E-state index is 0.0376. The van der Waals surface area contributed by atoms with E-state index in [0.717, 1.165) is 38.9 Å². The molecule has 0 bridgehead atoms. The van der Waals surface area contributed by atoms with Crippen molar-refractivity contribution in [2.75, 3.05) is 13.2 Å². The molecule has 6 heteroatoms. The summed E-state index contributed by atoms with van der Waals surface area (Å²) in [5.41, 5.74) is 0.223. The van der Waals surface area contributed by atoms with Gasteiger partial charge in [-0.05, 0) is 69.5 Å². The number of rotatable bonds is 7. The van der Waals surface area contributed by atoms with Crippen LogP contribution in [0.2, 0.25) is 37.8 Å². The van der Waals surface area contributed by atoms with Gasteiger partial charge in [0.15, 0.2) is 14.6 Å². The average molecular weight is 441 g/mol. The third-order valence-corrected chi connectivity index (χ3v) is 13.2. The smallest absolute Gasteiger partial charge is 0.241 e. The number of hydrogen-bond acceptors (Lipinski definition) is 4. The first-order valence-corrected chi connectivity index (χ1v) is 17.8. The SMILES string of the molecule is CC(C)(C)[Si](C)(C)O[C@H]1CC[C@@]2(CCC3OCCO3)C=C(O[Si](C)(C)C)C[C@@]12C. The van der Waals surface area contributed by atoms with Crippen molar-refractivity contribution in [3.8, 4) is 0 Å². The summed E-state index contributed by atoms with van der Waals surface area (Å²) < 4.78 is 25.1. The van der Waals surface area contributed by atoms with Crippen LogP contribution in [0.3, 0.4) is 0 Å². The van der Waals surface area contributed by atoms with Crippen LogP contribution in [0.15, 0.2) is 11.8 Å². The molecule has 0 unspecified atom stereocenters. The molecule has 29 heavy (non-hydrogen) atoms. The Labute approximate surface area is 181 Å². The van der Waals surface area contributed by atoms with Crippen LogP contribution in [0, 0.1) is 10.8 Å².